The van der Waals surface area contributed by atoms with Gasteiger partial charge in [0.2, 0.25) is 0 Å². The van der Waals surface area contributed by atoms with Crippen LogP contribution in [0, 0.1) is 0 Å². The van der Waals surface area contributed by atoms with E-state index in [9.17, 15) is 0 Å². The molecule has 2 rings (SSSR count). The maximum Gasteiger partial charge on any atom is 0.0951 e. The number of ether oxygens (including phenoxy) is 1. The minimum Gasteiger partial charge on any atom is -0.381 e. The lowest BCUT2D eigenvalue weighted by molar-refractivity contribution is 0.00471. The van der Waals surface area contributed by atoms with E-state index in [1.54, 1.807) is 7.11 Å². The van der Waals surface area contributed by atoms with Gasteiger partial charge in [0, 0.05) is 19.3 Å². The van der Waals surface area contributed by atoms with Crippen LogP contribution in [0.1, 0.15) is 38.4 Å². The van der Waals surface area contributed by atoms with Gasteiger partial charge in [-0.3, -0.25) is 0 Å². The average molecular weight is 209 g/mol. The van der Waals surface area contributed by atoms with Gasteiger partial charge in [0.25, 0.3) is 0 Å². The molecule has 1 aromatic heterocycles. The highest BCUT2D eigenvalue weighted by Crippen LogP contribution is 2.36. The van der Waals surface area contributed by atoms with Crippen LogP contribution in [0.15, 0.2) is 12.5 Å². The highest BCUT2D eigenvalue weighted by molar-refractivity contribution is 5.12. The summed E-state index contributed by atoms with van der Waals surface area (Å²) >= 11 is 0. The van der Waals surface area contributed by atoms with Gasteiger partial charge < -0.3 is 15.0 Å². The molecule has 0 spiro atoms. The Bertz CT molecular complexity index is 334. The van der Waals surface area contributed by atoms with Crippen molar-refractivity contribution >= 4 is 0 Å². The Balaban J connectivity index is 2.13. The van der Waals surface area contributed by atoms with E-state index in [4.69, 9.17) is 10.5 Å². The second-order valence-electron chi connectivity index (χ2n) is 4.89. The fraction of sp³-hybridized carbons (Fsp3) is 0.727. The molecule has 1 fully saturated rings. The summed E-state index contributed by atoms with van der Waals surface area (Å²) in [6.07, 6.45) is 6.28. The molecule has 0 unspecified atom stereocenters. The van der Waals surface area contributed by atoms with E-state index in [1.807, 2.05) is 26.4 Å². The van der Waals surface area contributed by atoms with Crippen molar-refractivity contribution in [2.45, 2.75) is 44.4 Å². The summed E-state index contributed by atoms with van der Waals surface area (Å²) in [5, 5.41) is 0. The Labute approximate surface area is 90.4 Å². The minimum absolute atomic E-state index is 0.325. The number of hydrogen-bond donors (Lipinski definition) is 1. The standard InChI is InChI=1S/C11H19N3O/c1-11(2,12)10-6-13-7-14(10)8-4-9(5-8)15-3/h6-9H,4-5,12H2,1-3H3. The van der Waals surface area contributed by atoms with Gasteiger partial charge in [-0.15, -0.1) is 0 Å². The van der Waals surface area contributed by atoms with Gasteiger partial charge in [-0.1, -0.05) is 0 Å². The number of rotatable bonds is 3. The first kappa shape index (κ1) is 10.6. The molecule has 0 radical (unpaired) electrons. The van der Waals surface area contributed by atoms with Crippen LogP contribution in [-0.4, -0.2) is 22.8 Å². The van der Waals surface area contributed by atoms with Crippen molar-refractivity contribution in [2.24, 2.45) is 5.73 Å². The quantitative estimate of drug-likeness (QED) is 0.819. The molecule has 0 amide bonds. The van der Waals surface area contributed by atoms with Crippen molar-refractivity contribution < 1.29 is 4.74 Å². The number of imidazole rings is 1. The first-order valence-corrected chi connectivity index (χ1v) is 5.36. The summed E-state index contributed by atoms with van der Waals surface area (Å²) in [6, 6.07) is 0.510. The molecule has 4 nitrogen and oxygen atoms in total. The molecule has 0 atom stereocenters. The van der Waals surface area contributed by atoms with Crippen LogP contribution in [0.25, 0.3) is 0 Å². The van der Waals surface area contributed by atoms with Gasteiger partial charge in [0.05, 0.1) is 23.7 Å². The van der Waals surface area contributed by atoms with Crippen molar-refractivity contribution in [3.8, 4) is 0 Å². The molecule has 1 saturated carbocycles. The number of nitrogens with zero attached hydrogens (tertiary/aromatic N) is 2. The Morgan fingerprint density at radius 2 is 2.20 bits per heavy atom. The van der Waals surface area contributed by atoms with Crippen LogP contribution in [-0.2, 0) is 10.3 Å². The summed E-state index contributed by atoms with van der Waals surface area (Å²) in [5.41, 5.74) is 6.87. The molecule has 1 aliphatic carbocycles. The highest BCUT2D eigenvalue weighted by Gasteiger charge is 2.33. The SMILES string of the molecule is COC1CC(n2cncc2C(C)(C)N)C1. The molecule has 15 heavy (non-hydrogen) atoms. The second-order valence-corrected chi connectivity index (χ2v) is 4.89. The van der Waals surface area contributed by atoms with Crippen LogP contribution in [0.5, 0.6) is 0 Å². The van der Waals surface area contributed by atoms with Gasteiger partial charge in [-0.25, -0.2) is 4.98 Å². The highest BCUT2D eigenvalue weighted by atomic mass is 16.5. The second kappa shape index (κ2) is 3.61. The zero-order chi connectivity index (χ0) is 11.1. The third-order valence-corrected chi connectivity index (χ3v) is 3.12. The fourth-order valence-corrected chi connectivity index (χ4v) is 2.05. The van der Waals surface area contributed by atoms with Crippen LogP contribution < -0.4 is 5.73 Å². The lowest BCUT2D eigenvalue weighted by atomic mass is 9.88. The number of methoxy groups -OCH3 is 1. The largest absolute Gasteiger partial charge is 0.381 e. The first-order chi connectivity index (χ1) is 7.02. The van der Waals surface area contributed by atoms with Crippen molar-refractivity contribution in [1.29, 1.82) is 0 Å². The monoisotopic (exact) mass is 209 g/mol. The Hall–Kier alpha value is -0.870. The zero-order valence-corrected chi connectivity index (χ0v) is 9.60. The molecule has 4 heteroatoms. The lowest BCUT2D eigenvalue weighted by Crippen LogP contribution is -2.37. The van der Waals surface area contributed by atoms with Gasteiger partial charge in [-0.05, 0) is 26.7 Å². The Kier molecular flexibility index (Phi) is 2.56. The van der Waals surface area contributed by atoms with E-state index in [0.717, 1.165) is 18.5 Å². The van der Waals surface area contributed by atoms with Gasteiger partial charge in [0.1, 0.15) is 0 Å². The van der Waals surface area contributed by atoms with E-state index >= 15 is 0 Å². The summed E-state index contributed by atoms with van der Waals surface area (Å²) in [6.45, 7) is 4.01. The lowest BCUT2D eigenvalue weighted by Gasteiger charge is -2.37. The summed E-state index contributed by atoms with van der Waals surface area (Å²) < 4.78 is 7.46. The predicted molar refractivity (Wildman–Crippen MR) is 58.5 cm³/mol. The van der Waals surface area contributed by atoms with Crippen LogP contribution in [0.2, 0.25) is 0 Å². The summed E-state index contributed by atoms with van der Waals surface area (Å²) in [5.74, 6) is 0. The third-order valence-electron chi connectivity index (χ3n) is 3.12. The van der Waals surface area contributed by atoms with Crippen molar-refractivity contribution in [3.63, 3.8) is 0 Å². The molecule has 0 saturated heterocycles. The van der Waals surface area contributed by atoms with Crippen molar-refractivity contribution in [2.75, 3.05) is 7.11 Å². The minimum atomic E-state index is -0.325. The van der Waals surface area contributed by atoms with Gasteiger partial charge >= 0.3 is 0 Å². The Morgan fingerprint density at radius 3 is 2.73 bits per heavy atom. The first-order valence-electron chi connectivity index (χ1n) is 5.36. The van der Waals surface area contributed by atoms with E-state index in [0.29, 0.717) is 12.1 Å². The summed E-state index contributed by atoms with van der Waals surface area (Å²) in [7, 11) is 1.77. The zero-order valence-electron chi connectivity index (χ0n) is 9.60. The van der Waals surface area contributed by atoms with Gasteiger partial charge in [-0.2, -0.15) is 0 Å². The smallest absolute Gasteiger partial charge is 0.0951 e. The van der Waals surface area contributed by atoms with Gasteiger partial charge in [0.15, 0.2) is 0 Å². The van der Waals surface area contributed by atoms with Crippen LogP contribution in [0.3, 0.4) is 0 Å². The van der Waals surface area contributed by atoms with Crippen LogP contribution in [0.4, 0.5) is 0 Å². The average Bonchev–Trinajstić information content (AvgIpc) is 2.49. The maximum atomic E-state index is 6.09. The molecule has 84 valence electrons. The molecule has 0 bridgehead atoms. The van der Waals surface area contributed by atoms with E-state index in [2.05, 4.69) is 9.55 Å². The predicted octanol–water partition coefficient (Wildman–Crippen LogP) is 1.43. The topological polar surface area (TPSA) is 53.1 Å². The van der Waals surface area contributed by atoms with Crippen LogP contribution >= 0.6 is 0 Å². The molecular formula is C11H19N3O. The number of hydrogen-bond acceptors (Lipinski definition) is 3. The van der Waals surface area contributed by atoms with Crippen molar-refractivity contribution in [1.82, 2.24) is 9.55 Å². The van der Waals surface area contributed by atoms with E-state index in [1.165, 1.54) is 0 Å². The van der Waals surface area contributed by atoms with Crippen molar-refractivity contribution in [3.05, 3.63) is 18.2 Å². The van der Waals surface area contributed by atoms with E-state index < -0.39 is 0 Å². The number of nitrogens with two attached hydrogens (primary N) is 1. The molecular weight excluding hydrogens is 190 g/mol. The molecule has 0 aromatic carbocycles. The molecule has 1 heterocycles. The normalized spacial score (nSPS) is 26.4. The Morgan fingerprint density at radius 1 is 1.53 bits per heavy atom. The molecule has 2 N–H and O–H groups in total. The molecule has 1 aromatic rings. The molecule has 0 aliphatic heterocycles. The number of aromatic nitrogens is 2. The molecule has 1 aliphatic rings. The maximum absolute atomic E-state index is 6.09. The fourth-order valence-electron chi connectivity index (χ4n) is 2.05. The third kappa shape index (κ3) is 1.92. The summed E-state index contributed by atoms with van der Waals surface area (Å²) in [4.78, 5) is 4.18. The van der Waals surface area contributed by atoms with E-state index in [-0.39, 0.29) is 5.54 Å².